The molecule has 1 amide bonds. The van der Waals surface area contributed by atoms with Gasteiger partial charge < -0.3 is 14.4 Å². The molecule has 0 spiro atoms. The Morgan fingerprint density at radius 3 is 2.67 bits per heavy atom. The molecular formula is C13H19NO4S2Si. The van der Waals surface area contributed by atoms with Crippen LogP contribution < -0.4 is 0 Å². The van der Waals surface area contributed by atoms with Crippen LogP contribution in [-0.4, -0.2) is 52.7 Å². The molecule has 1 N–H and O–H groups in total. The molecule has 2 aliphatic heterocycles. The zero-order valence-electron chi connectivity index (χ0n) is 12.5. The van der Waals surface area contributed by atoms with Gasteiger partial charge in [0.15, 0.2) is 0 Å². The number of hydrogen-bond acceptors (Lipinski definition) is 6. The van der Waals surface area contributed by atoms with Crippen LogP contribution >= 0.6 is 24.0 Å². The third kappa shape index (κ3) is 3.24. The second-order valence-corrected chi connectivity index (χ2v) is 12.1. The molecule has 0 bridgehead atoms. The monoisotopic (exact) mass is 345 g/mol. The van der Waals surface area contributed by atoms with E-state index in [1.54, 1.807) is 11.8 Å². The fraction of sp³-hybridized carbons (Fsp3) is 0.692. The van der Waals surface area contributed by atoms with Crippen LogP contribution in [0.4, 0.5) is 0 Å². The maximum Gasteiger partial charge on any atom is 0.294 e. The minimum atomic E-state index is -1.95. The topological polar surface area (TPSA) is 66.8 Å². The van der Waals surface area contributed by atoms with Gasteiger partial charge in [0.05, 0.1) is 34.8 Å². The van der Waals surface area contributed by atoms with Crippen molar-refractivity contribution in [3.8, 4) is 0 Å². The zero-order valence-corrected chi connectivity index (χ0v) is 15.1. The SMILES string of the molecule is CC(O)[C@H]1C(=O)N2C(CC(=O)O[Si](C)(C)C)C(=C=S)S[C@H]12. The van der Waals surface area contributed by atoms with Gasteiger partial charge in [0.25, 0.3) is 5.97 Å². The second-order valence-electron chi connectivity index (χ2n) is 6.29. The Kier molecular flexibility index (Phi) is 4.65. The van der Waals surface area contributed by atoms with Crippen LogP contribution in [0.15, 0.2) is 4.91 Å². The minimum absolute atomic E-state index is 0.102. The highest BCUT2D eigenvalue weighted by Gasteiger charge is 2.58. The normalized spacial score (nSPS) is 29.6. The number of hydrogen-bond donors (Lipinski definition) is 1. The smallest absolute Gasteiger partial charge is 0.294 e. The number of aliphatic hydroxyl groups excluding tert-OH is 1. The third-order valence-electron chi connectivity index (χ3n) is 3.41. The standard InChI is InChI=1S/C13H19NO4S2Si/c1-7(15)11-12(17)14-8(9(6-19)20-13(11)14)5-10(16)18-21(2,3)4/h7-8,11,13,15H,5H2,1-4H3/t7?,8?,11-,13+/m0/s1. The summed E-state index contributed by atoms with van der Waals surface area (Å²) in [6.45, 7) is 7.41. The van der Waals surface area contributed by atoms with Crippen molar-refractivity contribution in [1.29, 1.82) is 0 Å². The summed E-state index contributed by atoms with van der Waals surface area (Å²) in [6, 6.07) is -0.385. The molecule has 2 aliphatic rings. The van der Waals surface area contributed by atoms with Gasteiger partial charge >= 0.3 is 0 Å². The summed E-state index contributed by atoms with van der Waals surface area (Å²) in [4.78, 5) is 26.5. The predicted octanol–water partition coefficient (Wildman–Crippen LogP) is 1.52. The van der Waals surface area contributed by atoms with Crippen LogP contribution in [0.5, 0.6) is 0 Å². The van der Waals surface area contributed by atoms with Gasteiger partial charge in [-0.2, -0.15) is 0 Å². The zero-order chi connectivity index (χ0) is 15.9. The molecule has 0 saturated carbocycles. The van der Waals surface area contributed by atoms with Gasteiger partial charge in [-0.1, -0.05) is 11.8 Å². The summed E-state index contributed by atoms with van der Waals surface area (Å²) in [6.07, 6.45) is -0.601. The molecule has 2 rings (SSSR count). The van der Waals surface area contributed by atoms with Crippen molar-refractivity contribution < 1.29 is 19.1 Å². The molecule has 4 atom stereocenters. The van der Waals surface area contributed by atoms with Gasteiger partial charge in [-0.25, -0.2) is 0 Å². The van der Waals surface area contributed by atoms with Crippen LogP contribution in [0.1, 0.15) is 13.3 Å². The quantitative estimate of drug-likeness (QED) is 0.473. The lowest BCUT2D eigenvalue weighted by Crippen LogP contribution is -2.62. The van der Waals surface area contributed by atoms with E-state index in [9.17, 15) is 14.7 Å². The highest BCUT2D eigenvalue weighted by molar-refractivity contribution is 8.05. The predicted molar refractivity (Wildman–Crippen MR) is 87.3 cm³/mol. The highest BCUT2D eigenvalue weighted by Crippen LogP contribution is 2.50. The van der Waals surface area contributed by atoms with Crippen molar-refractivity contribution in [2.24, 2.45) is 5.92 Å². The largest absolute Gasteiger partial charge is 0.520 e. The van der Waals surface area contributed by atoms with E-state index in [-0.39, 0.29) is 29.7 Å². The molecule has 5 nitrogen and oxygen atoms in total. The Morgan fingerprint density at radius 2 is 2.19 bits per heavy atom. The van der Waals surface area contributed by atoms with E-state index in [1.165, 1.54) is 11.8 Å². The van der Waals surface area contributed by atoms with E-state index in [4.69, 9.17) is 16.6 Å². The molecule has 0 aromatic carbocycles. The van der Waals surface area contributed by atoms with Crippen molar-refractivity contribution in [2.45, 2.75) is 50.5 Å². The second kappa shape index (κ2) is 5.85. The number of thiocarbonyl (C=S) groups is 1. The van der Waals surface area contributed by atoms with Gasteiger partial charge in [0, 0.05) is 0 Å². The van der Waals surface area contributed by atoms with Crippen molar-refractivity contribution in [3.05, 3.63) is 4.91 Å². The lowest BCUT2D eigenvalue weighted by atomic mass is 9.90. The summed E-state index contributed by atoms with van der Waals surface area (Å²) in [7, 11) is -1.95. The Bertz CT molecular complexity index is 525. The molecule has 2 saturated heterocycles. The minimum Gasteiger partial charge on any atom is -0.520 e. The average Bonchev–Trinajstić information content (AvgIpc) is 2.59. The molecule has 2 heterocycles. The van der Waals surface area contributed by atoms with Gasteiger partial charge in [-0.05, 0) is 43.8 Å². The van der Waals surface area contributed by atoms with Crippen LogP contribution in [0.25, 0.3) is 0 Å². The van der Waals surface area contributed by atoms with Crippen LogP contribution in [0, 0.1) is 5.92 Å². The van der Waals surface area contributed by atoms with E-state index in [0.717, 1.165) is 0 Å². The number of amides is 1. The molecule has 0 aliphatic carbocycles. The summed E-state index contributed by atoms with van der Waals surface area (Å²) in [5.41, 5.74) is 0. The van der Waals surface area contributed by atoms with Gasteiger partial charge in [0.1, 0.15) is 0 Å². The Morgan fingerprint density at radius 1 is 1.57 bits per heavy atom. The lowest BCUT2D eigenvalue weighted by Gasteiger charge is -2.45. The molecule has 0 radical (unpaired) electrons. The maximum absolute atomic E-state index is 12.2. The van der Waals surface area contributed by atoms with Crippen molar-refractivity contribution in [3.63, 3.8) is 0 Å². The number of rotatable bonds is 4. The number of aliphatic hydroxyl groups is 1. The van der Waals surface area contributed by atoms with Crippen LogP contribution in [-0.2, 0) is 14.0 Å². The maximum atomic E-state index is 12.2. The molecule has 8 heteroatoms. The van der Waals surface area contributed by atoms with E-state index in [2.05, 4.69) is 5.02 Å². The Balaban J connectivity index is 2.11. The first-order chi connectivity index (χ1) is 9.65. The van der Waals surface area contributed by atoms with Crippen molar-refractivity contribution >= 4 is 49.2 Å². The number of fused-ring (bicyclic) bond motifs is 1. The number of β-lactam (4-membered cyclic amide) rings is 1. The van der Waals surface area contributed by atoms with Gasteiger partial charge in [-0.3, -0.25) is 9.59 Å². The third-order valence-corrected chi connectivity index (χ3v) is 5.99. The van der Waals surface area contributed by atoms with E-state index >= 15 is 0 Å². The average molecular weight is 346 g/mol. The fourth-order valence-electron chi connectivity index (χ4n) is 2.58. The van der Waals surface area contributed by atoms with Crippen LogP contribution in [0.2, 0.25) is 19.6 Å². The lowest BCUT2D eigenvalue weighted by molar-refractivity contribution is -0.159. The van der Waals surface area contributed by atoms with E-state index in [0.29, 0.717) is 4.91 Å². The van der Waals surface area contributed by atoms with Crippen molar-refractivity contribution in [2.75, 3.05) is 0 Å². The first-order valence-corrected chi connectivity index (χ1v) is 11.5. The Hall–Kier alpha value is -0.663. The Labute approximate surface area is 134 Å². The molecule has 2 fully saturated rings. The first kappa shape index (κ1) is 16.7. The van der Waals surface area contributed by atoms with Crippen molar-refractivity contribution in [1.82, 2.24) is 4.90 Å². The number of nitrogens with zero attached hydrogens (tertiary/aromatic N) is 1. The summed E-state index contributed by atoms with van der Waals surface area (Å²) >= 11 is 6.30. The fourth-order valence-corrected chi connectivity index (χ4v) is 5.14. The summed E-state index contributed by atoms with van der Waals surface area (Å²) in [5, 5.41) is 12.2. The molecule has 2 unspecified atom stereocenters. The molecule has 0 aromatic rings. The molecule has 0 aromatic heterocycles. The summed E-state index contributed by atoms with van der Waals surface area (Å²) < 4.78 is 5.44. The summed E-state index contributed by atoms with van der Waals surface area (Å²) in [5.74, 6) is -0.864. The van der Waals surface area contributed by atoms with Gasteiger partial charge in [-0.15, -0.1) is 0 Å². The van der Waals surface area contributed by atoms with Gasteiger partial charge in [0.2, 0.25) is 14.2 Å². The highest BCUT2D eigenvalue weighted by atomic mass is 32.2. The molecule has 116 valence electrons. The number of thioether (sulfide) groups is 1. The molecular weight excluding hydrogens is 326 g/mol. The van der Waals surface area contributed by atoms with E-state index in [1.807, 2.05) is 19.6 Å². The van der Waals surface area contributed by atoms with E-state index < -0.39 is 20.3 Å². The molecule has 21 heavy (non-hydrogen) atoms. The first-order valence-electron chi connectivity index (χ1n) is 6.79. The van der Waals surface area contributed by atoms with Crippen LogP contribution in [0.3, 0.4) is 0 Å². The number of carbonyl (C=O) groups is 2. The number of carbonyl (C=O) groups excluding carboxylic acids is 2.